The molecule has 0 radical (unpaired) electrons. The molecular weight excluding hydrogens is 308 g/mol. The van der Waals surface area contributed by atoms with Gasteiger partial charge in [0.05, 0.1) is 5.75 Å². The van der Waals surface area contributed by atoms with Crippen molar-refractivity contribution < 1.29 is 8.42 Å². The van der Waals surface area contributed by atoms with Gasteiger partial charge in [0.25, 0.3) is 0 Å². The van der Waals surface area contributed by atoms with E-state index in [1.165, 1.54) is 5.56 Å². The molecule has 2 aliphatic heterocycles. The van der Waals surface area contributed by atoms with E-state index in [0.29, 0.717) is 24.9 Å². The Kier molecular flexibility index (Phi) is 4.28. The fourth-order valence-corrected chi connectivity index (χ4v) is 4.76. The molecule has 2 atom stereocenters. The first-order chi connectivity index (χ1) is 9.98. The normalized spacial score (nSPS) is 27.1. The molecule has 0 aromatic heterocycles. The van der Waals surface area contributed by atoms with Gasteiger partial charge in [-0.25, -0.2) is 12.7 Å². The Bertz CT molecular complexity index is 589. The Morgan fingerprint density at radius 2 is 1.67 bits per heavy atom. The highest BCUT2D eigenvalue weighted by Crippen LogP contribution is 2.33. The van der Waals surface area contributed by atoms with E-state index in [4.69, 9.17) is 11.6 Å². The van der Waals surface area contributed by atoms with Gasteiger partial charge >= 0.3 is 0 Å². The van der Waals surface area contributed by atoms with Crippen molar-refractivity contribution in [1.29, 1.82) is 0 Å². The van der Waals surface area contributed by atoms with Gasteiger partial charge in [-0.1, -0.05) is 23.7 Å². The monoisotopic (exact) mass is 328 g/mol. The first-order valence-electron chi connectivity index (χ1n) is 7.42. The number of fused-ring (bicyclic) bond motifs is 1. The molecule has 4 nitrogen and oxygen atoms in total. The summed E-state index contributed by atoms with van der Waals surface area (Å²) in [6.45, 7) is 6.00. The second-order valence-electron chi connectivity index (χ2n) is 6.06. The molecule has 0 saturated carbocycles. The van der Waals surface area contributed by atoms with E-state index in [0.717, 1.165) is 24.7 Å². The van der Waals surface area contributed by atoms with E-state index in [1.807, 2.05) is 12.1 Å². The largest absolute Gasteiger partial charge is 0.298 e. The summed E-state index contributed by atoms with van der Waals surface area (Å²) in [5.41, 5.74) is 1.26. The molecule has 0 N–H and O–H groups in total. The van der Waals surface area contributed by atoms with E-state index in [-0.39, 0.29) is 5.75 Å². The van der Waals surface area contributed by atoms with E-state index in [1.54, 1.807) is 11.2 Å². The topological polar surface area (TPSA) is 40.6 Å². The maximum atomic E-state index is 11.9. The minimum absolute atomic E-state index is 0.209. The average molecular weight is 329 g/mol. The van der Waals surface area contributed by atoms with Gasteiger partial charge in [-0.2, -0.15) is 0 Å². The summed E-state index contributed by atoms with van der Waals surface area (Å²) in [6.07, 6.45) is 0. The van der Waals surface area contributed by atoms with Crippen molar-refractivity contribution in [2.75, 3.05) is 31.9 Å². The van der Waals surface area contributed by atoms with Gasteiger partial charge in [0.1, 0.15) is 0 Å². The zero-order valence-corrected chi connectivity index (χ0v) is 13.8. The van der Waals surface area contributed by atoms with Crippen molar-refractivity contribution in [2.24, 2.45) is 11.8 Å². The molecule has 6 heteroatoms. The van der Waals surface area contributed by atoms with Crippen LogP contribution in [0.4, 0.5) is 0 Å². The van der Waals surface area contributed by atoms with Gasteiger partial charge in [-0.15, -0.1) is 0 Å². The van der Waals surface area contributed by atoms with Gasteiger partial charge in [0.2, 0.25) is 10.0 Å². The number of hydrogen-bond acceptors (Lipinski definition) is 3. The molecule has 0 aliphatic carbocycles. The minimum atomic E-state index is -3.02. The Morgan fingerprint density at radius 3 is 2.19 bits per heavy atom. The van der Waals surface area contributed by atoms with E-state index in [9.17, 15) is 8.42 Å². The number of likely N-dealkylation sites (tertiary alicyclic amines) is 1. The Hall–Kier alpha value is -0.620. The molecular formula is C15H21ClN2O2S. The highest BCUT2D eigenvalue weighted by molar-refractivity contribution is 7.89. The summed E-state index contributed by atoms with van der Waals surface area (Å²) in [6, 6.07) is 7.96. The number of sulfonamides is 1. The van der Waals surface area contributed by atoms with Crippen LogP contribution in [0.1, 0.15) is 12.5 Å². The molecule has 2 unspecified atom stereocenters. The van der Waals surface area contributed by atoms with Crippen LogP contribution in [0.15, 0.2) is 24.3 Å². The SMILES string of the molecule is CCS(=O)(=O)N1CC2CN(Cc3ccc(Cl)cc3)CC2C1. The van der Waals surface area contributed by atoms with Crippen LogP contribution in [0.3, 0.4) is 0 Å². The predicted molar refractivity (Wildman–Crippen MR) is 84.7 cm³/mol. The summed E-state index contributed by atoms with van der Waals surface area (Å²) >= 11 is 5.90. The molecule has 1 aromatic rings. The lowest BCUT2D eigenvalue weighted by molar-refractivity contribution is 0.290. The molecule has 3 rings (SSSR count). The molecule has 0 spiro atoms. The van der Waals surface area contributed by atoms with E-state index in [2.05, 4.69) is 17.0 Å². The lowest BCUT2D eigenvalue weighted by Gasteiger charge is -2.21. The maximum Gasteiger partial charge on any atom is 0.213 e. The van der Waals surface area contributed by atoms with Gasteiger partial charge < -0.3 is 0 Å². The third-order valence-corrected chi connectivity index (χ3v) is 6.67. The molecule has 116 valence electrons. The van der Waals surface area contributed by atoms with Gasteiger partial charge in [0.15, 0.2) is 0 Å². The van der Waals surface area contributed by atoms with Gasteiger partial charge in [-0.3, -0.25) is 4.90 Å². The highest BCUT2D eigenvalue weighted by Gasteiger charge is 2.43. The van der Waals surface area contributed by atoms with E-state index >= 15 is 0 Å². The van der Waals surface area contributed by atoms with Crippen molar-refractivity contribution in [3.05, 3.63) is 34.9 Å². The average Bonchev–Trinajstić information content (AvgIpc) is 3.00. The minimum Gasteiger partial charge on any atom is -0.298 e. The zero-order valence-electron chi connectivity index (χ0n) is 12.2. The number of nitrogens with zero attached hydrogens (tertiary/aromatic N) is 2. The van der Waals surface area contributed by atoms with Crippen LogP contribution >= 0.6 is 11.6 Å². The summed E-state index contributed by atoms with van der Waals surface area (Å²) in [5, 5.41) is 0.762. The van der Waals surface area contributed by atoms with Crippen LogP contribution < -0.4 is 0 Å². The quantitative estimate of drug-likeness (QED) is 0.849. The maximum absolute atomic E-state index is 11.9. The zero-order chi connectivity index (χ0) is 15.0. The van der Waals surface area contributed by atoms with Crippen LogP contribution in [0.25, 0.3) is 0 Å². The summed E-state index contributed by atoms with van der Waals surface area (Å²) in [7, 11) is -3.02. The van der Waals surface area contributed by atoms with Gasteiger partial charge in [-0.05, 0) is 36.5 Å². The van der Waals surface area contributed by atoms with Crippen LogP contribution in [0.5, 0.6) is 0 Å². The van der Waals surface area contributed by atoms with Crippen molar-refractivity contribution in [3.63, 3.8) is 0 Å². The highest BCUT2D eigenvalue weighted by atomic mass is 35.5. The number of rotatable bonds is 4. The molecule has 2 saturated heterocycles. The lowest BCUT2D eigenvalue weighted by atomic mass is 10.0. The molecule has 1 aromatic carbocycles. The van der Waals surface area contributed by atoms with Crippen molar-refractivity contribution in [1.82, 2.24) is 9.21 Å². The van der Waals surface area contributed by atoms with Crippen molar-refractivity contribution >= 4 is 21.6 Å². The third-order valence-electron chi connectivity index (χ3n) is 4.61. The number of halogens is 1. The van der Waals surface area contributed by atoms with Crippen LogP contribution in [-0.4, -0.2) is 49.6 Å². The third kappa shape index (κ3) is 3.26. The Balaban J connectivity index is 1.58. The fourth-order valence-electron chi connectivity index (χ4n) is 3.43. The molecule has 2 heterocycles. The molecule has 2 fully saturated rings. The Morgan fingerprint density at radius 1 is 1.10 bits per heavy atom. The molecule has 0 bridgehead atoms. The van der Waals surface area contributed by atoms with Crippen molar-refractivity contribution in [2.45, 2.75) is 13.5 Å². The first kappa shape index (κ1) is 15.3. The first-order valence-corrected chi connectivity index (χ1v) is 9.41. The van der Waals surface area contributed by atoms with Crippen LogP contribution in [-0.2, 0) is 16.6 Å². The van der Waals surface area contributed by atoms with Crippen LogP contribution in [0, 0.1) is 11.8 Å². The van der Waals surface area contributed by atoms with E-state index < -0.39 is 10.0 Å². The smallest absolute Gasteiger partial charge is 0.213 e. The second-order valence-corrected chi connectivity index (χ2v) is 8.75. The second kappa shape index (κ2) is 5.88. The summed E-state index contributed by atoms with van der Waals surface area (Å²) < 4.78 is 25.6. The number of hydrogen-bond donors (Lipinski definition) is 0. The predicted octanol–water partition coefficient (Wildman–Crippen LogP) is 2.05. The number of benzene rings is 1. The Labute approximate surface area is 131 Å². The standard InChI is InChI=1S/C15H21ClN2O2S/c1-2-21(19,20)18-10-13-8-17(9-14(13)11-18)7-12-3-5-15(16)6-4-12/h3-6,13-14H,2,7-11H2,1H3. The van der Waals surface area contributed by atoms with Gasteiger partial charge in [0, 0.05) is 37.7 Å². The van der Waals surface area contributed by atoms with Crippen LogP contribution in [0.2, 0.25) is 5.02 Å². The lowest BCUT2D eigenvalue weighted by Crippen LogP contribution is -2.34. The summed E-state index contributed by atoms with van der Waals surface area (Å²) in [5.74, 6) is 1.18. The fraction of sp³-hybridized carbons (Fsp3) is 0.600. The van der Waals surface area contributed by atoms with Crippen molar-refractivity contribution in [3.8, 4) is 0 Å². The molecule has 21 heavy (non-hydrogen) atoms. The molecule has 2 aliphatic rings. The molecule has 0 amide bonds. The summed E-state index contributed by atoms with van der Waals surface area (Å²) in [4.78, 5) is 2.43.